The predicted molar refractivity (Wildman–Crippen MR) is 77.7 cm³/mol. The van der Waals surface area contributed by atoms with E-state index in [-0.39, 0.29) is 20.9 Å². The van der Waals surface area contributed by atoms with Gasteiger partial charge in [-0.05, 0) is 23.6 Å². The number of halogens is 1. The number of carboxylic acids is 1. The summed E-state index contributed by atoms with van der Waals surface area (Å²) in [5.41, 5.74) is -0.337. The molecule has 20 heavy (non-hydrogen) atoms. The van der Waals surface area contributed by atoms with Gasteiger partial charge >= 0.3 is 5.97 Å². The van der Waals surface area contributed by atoms with E-state index >= 15 is 0 Å². The van der Waals surface area contributed by atoms with Gasteiger partial charge in [-0.15, -0.1) is 0 Å². The molecule has 0 heterocycles. The molecule has 0 aliphatic heterocycles. The van der Waals surface area contributed by atoms with Crippen LogP contribution in [0.25, 0.3) is 0 Å². The first-order valence-electron chi connectivity index (χ1n) is 5.94. The molecule has 0 saturated carbocycles. The van der Waals surface area contributed by atoms with Crippen LogP contribution in [0.4, 0.5) is 0 Å². The van der Waals surface area contributed by atoms with Crippen LogP contribution < -0.4 is 0 Å². The number of benzene rings is 1. The van der Waals surface area contributed by atoms with E-state index in [1.807, 2.05) is 20.8 Å². The lowest BCUT2D eigenvalue weighted by Gasteiger charge is -2.26. The number of aromatic carboxylic acids is 1. The van der Waals surface area contributed by atoms with E-state index in [1.165, 1.54) is 23.5 Å². The minimum absolute atomic E-state index is 0.00996. The van der Waals surface area contributed by atoms with Gasteiger partial charge in [0.2, 0.25) is 10.0 Å². The number of hydrogen-bond acceptors (Lipinski definition) is 3. The Labute approximate surface area is 124 Å². The number of nitrogens with zero attached hydrogens (tertiary/aromatic N) is 1. The monoisotopic (exact) mass is 319 g/mol. The quantitative estimate of drug-likeness (QED) is 0.926. The summed E-state index contributed by atoms with van der Waals surface area (Å²) < 4.78 is 26.1. The van der Waals surface area contributed by atoms with E-state index in [4.69, 9.17) is 16.7 Å². The first kappa shape index (κ1) is 16.9. The molecule has 0 saturated heterocycles. The van der Waals surface area contributed by atoms with Crippen molar-refractivity contribution in [3.63, 3.8) is 0 Å². The maximum Gasteiger partial charge on any atom is 0.335 e. The van der Waals surface area contributed by atoms with E-state index in [0.29, 0.717) is 6.54 Å². The van der Waals surface area contributed by atoms with Gasteiger partial charge in [0.25, 0.3) is 0 Å². The maximum absolute atomic E-state index is 12.5. The van der Waals surface area contributed by atoms with Gasteiger partial charge in [0.15, 0.2) is 0 Å². The van der Waals surface area contributed by atoms with Gasteiger partial charge in [0.05, 0.1) is 10.6 Å². The van der Waals surface area contributed by atoms with Gasteiger partial charge in [0.1, 0.15) is 4.90 Å². The fraction of sp³-hybridized carbons (Fsp3) is 0.462. The van der Waals surface area contributed by atoms with Gasteiger partial charge in [-0.3, -0.25) is 0 Å². The van der Waals surface area contributed by atoms with Crippen LogP contribution in [-0.4, -0.2) is 37.4 Å². The molecule has 0 aliphatic rings. The number of sulfonamides is 1. The van der Waals surface area contributed by atoms with Crippen LogP contribution in [0.5, 0.6) is 0 Å². The zero-order chi connectivity index (χ0) is 15.7. The maximum atomic E-state index is 12.5. The van der Waals surface area contributed by atoms with Crippen molar-refractivity contribution >= 4 is 27.6 Å². The molecule has 0 aromatic heterocycles. The van der Waals surface area contributed by atoms with Crippen molar-refractivity contribution in [2.45, 2.75) is 25.7 Å². The molecule has 0 fully saturated rings. The van der Waals surface area contributed by atoms with Crippen molar-refractivity contribution in [3.8, 4) is 0 Å². The average Bonchev–Trinajstić information content (AvgIpc) is 2.26. The molecule has 1 rings (SSSR count). The Bertz CT molecular complexity index is 620. The third-order valence-electron chi connectivity index (χ3n) is 2.56. The molecule has 0 bridgehead atoms. The predicted octanol–water partition coefficient (Wildman–Crippen LogP) is 2.70. The summed E-state index contributed by atoms with van der Waals surface area (Å²) in [6.07, 6.45) is 0. The second-order valence-corrected chi connectivity index (χ2v) is 8.19. The second kappa shape index (κ2) is 5.71. The molecule has 5 nitrogen and oxygen atoms in total. The Balaban J connectivity index is 3.28. The Hall–Kier alpha value is -1.11. The highest BCUT2D eigenvalue weighted by atomic mass is 35.5. The average molecular weight is 320 g/mol. The van der Waals surface area contributed by atoms with Gasteiger partial charge in [-0.25, -0.2) is 17.5 Å². The Morgan fingerprint density at radius 3 is 2.35 bits per heavy atom. The summed E-state index contributed by atoms with van der Waals surface area (Å²) in [5, 5.41) is 8.95. The topological polar surface area (TPSA) is 74.7 Å². The van der Waals surface area contributed by atoms with Crippen molar-refractivity contribution in [2.75, 3.05) is 13.6 Å². The van der Waals surface area contributed by atoms with Crippen LogP contribution in [0.1, 0.15) is 31.1 Å². The molecule has 0 aliphatic carbocycles. The lowest BCUT2D eigenvalue weighted by molar-refractivity contribution is 0.0696. The summed E-state index contributed by atoms with van der Waals surface area (Å²) in [6, 6.07) is 3.63. The molecular formula is C13H18ClNO4S. The van der Waals surface area contributed by atoms with Crippen LogP contribution >= 0.6 is 11.6 Å². The highest BCUT2D eigenvalue weighted by molar-refractivity contribution is 7.89. The summed E-state index contributed by atoms with van der Waals surface area (Å²) in [4.78, 5) is 10.7. The van der Waals surface area contributed by atoms with Crippen molar-refractivity contribution in [1.29, 1.82) is 0 Å². The first-order valence-corrected chi connectivity index (χ1v) is 7.76. The number of rotatable bonds is 4. The highest BCUT2D eigenvalue weighted by Gasteiger charge is 2.28. The summed E-state index contributed by atoms with van der Waals surface area (Å²) in [6.45, 7) is 6.03. The number of hydrogen-bond donors (Lipinski definition) is 1. The lowest BCUT2D eigenvalue weighted by atomic mass is 9.97. The van der Waals surface area contributed by atoms with Crippen LogP contribution in [0.3, 0.4) is 0 Å². The van der Waals surface area contributed by atoms with E-state index in [1.54, 1.807) is 0 Å². The molecule has 0 spiro atoms. The number of carbonyl (C=O) groups is 1. The molecule has 0 atom stereocenters. The SMILES string of the molecule is CN(CC(C)(C)C)S(=O)(=O)c1cc(C(=O)O)ccc1Cl. The van der Waals surface area contributed by atoms with Gasteiger partial charge < -0.3 is 5.11 Å². The molecule has 0 radical (unpaired) electrons. The first-order chi connectivity index (χ1) is 8.95. The Morgan fingerprint density at radius 2 is 1.90 bits per heavy atom. The normalized spacial score (nSPS) is 12.7. The Kier molecular flexibility index (Phi) is 4.84. The fourth-order valence-electron chi connectivity index (χ4n) is 1.75. The van der Waals surface area contributed by atoms with Gasteiger partial charge in [-0.1, -0.05) is 32.4 Å². The molecule has 1 N–H and O–H groups in total. The fourth-order valence-corrected chi connectivity index (χ4v) is 3.65. The molecular weight excluding hydrogens is 302 g/mol. The van der Waals surface area contributed by atoms with E-state index in [2.05, 4.69) is 0 Å². The standard InChI is InChI=1S/C13H18ClNO4S/c1-13(2,3)8-15(4)20(18,19)11-7-9(12(16)17)5-6-10(11)14/h5-7H,8H2,1-4H3,(H,16,17). The highest BCUT2D eigenvalue weighted by Crippen LogP contribution is 2.27. The lowest BCUT2D eigenvalue weighted by Crippen LogP contribution is -2.34. The van der Waals surface area contributed by atoms with Crippen LogP contribution in [0, 0.1) is 5.41 Å². The van der Waals surface area contributed by atoms with Crippen molar-refractivity contribution in [3.05, 3.63) is 28.8 Å². The zero-order valence-corrected chi connectivity index (χ0v) is 13.4. The van der Waals surface area contributed by atoms with Crippen LogP contribution in [0.15, 0.2) is 23.1 Å². The van der Waals surface area contributed by atoms with Crippen molar-refractivity contribution in [1.82, 2.24) is 4.31 Å². The molecule has 1 aromatic rings. The smallest absolute Gasteiger partial charge is 0.335 e. The summed E-state index contributed by atoms with van der Waals surface area (Å²) in [5.74, 6) is -1.20. The molecule has 0 amide bonds. The van der Waals surface area contributed by atoms with Crippen LogP contribution in [0.2, 0.25) is 5.02 Å². The number of carboxylic acid groups (broad SMARTS) is 1. The van der Waals surface area contributed by atoms with Gasteiger partial charge in [0, 0.05) is 13.6 Å². The molecule has 112 valence electrons. The third kappa shape index (κ3) is 3.94. The minimum atomic E-state index is -3.82. The minimum Gasteiger partial charge on any atom is -0.478 e. The Morgan fingerprint density at radius 1 is 1.35 bits per heavy atom. The third-order valence-corrected chi connectivity index (χ3v) is 4.85. The van der Waals surface area contributed by atoms with E-state index in [0.717, 1.165) is 6.07 Å². The zero-order valence-electron chi connectivity index (χ0n) is 11.8. The molecule has 1 aromatic carbocycles. The van der Waals surface area contributed by atoms with Crippen molar-refractivity contribution in [2.24, 2.45) is 5.41 Å². The summed E-state index contributed by atoms with van der Waals surface area (Å²) >= 11 is 5.90. The van der Waals surface area contributed by atoms with Crippen LogP contribution in [-0.2, 0) is 10.0 Å². The molecule has 0 unspecified atom stereocenters. The van der Waals surface area contributed by atoms with Gasteiger partial charge in [-0.2, -0.15) is 0 Å². The second-order valence-electron chi connectivity index (χ2n) is 5.77. The molecule has 7 heteroatoms. The van der Waals surface area contributed by atoms with Crippen molar-refractivity contribution < 1.29 is 18.3 Å². The largest absolute Gasteiger partial charge is 0.478 e. The van der Waals surface area contributed by atoms with E-state index < -0.39 is 16.0 Å². The summed E-state index contributed by atoms with van der Waals surface area (Å²) in [7, 11) is -2.37. The van der Waals surface area contributed by atoms with E-state index in [9.17, 15) is 13.2 Å².